The van der Waals surface area contributed by atoms with E-state index in [0.717, 1.165) is 11.1 Å². The average molecular weight is 528 g/mol. The quantitative estimate of drug-likeness (QED) is 0.241. The fourth-order valence-corrected chi connectivity index (χ4v) is 4.60. The second kappa shape index (κ2) is 9.76. The number of carbonyl (C=O) groups excluding carboxylic acids is 2. The number of halogens is 2. The number of aryl methyl sites for hydroxylation is 2. The first kappa shape index (κ1) is 25.4. The highest BCUT2D eigenvalue weighted by molar-refractivity contribution is 6.51. The molecule has 9 heteroatoms. The maximum absolute atomic E-state index is 13.4. The van der Waals surface area contributed by atoms with Crippen molar-refractivity contribution in [2.75, 3.05) is 19.1 Å². The van der Waals surface area contributed by atoms with Gasteiger partial charge < -0.3 is 19.7 Å². The largest absolute Gasteiger partial charge is 0.507 e. The van der Waals surface area contributed by atoms with Gasteiger partial charge in [0.05, 0.1) is 41.4 Å². The summed E-state index contributed by atoms with van der Waals surface area (Å²) >= 11 is 12.5. The predicted molar refractivity (Wildman–Crippen MR) is 138 cm³/mol. The first-order chi connectivity index (χ1) is 17.1. The maximum atomic E-state index is 13.4. The number of phenolic OH excluding ortho intramolecular Hbond substituents is 1. The number of carbonyl (C=O) groups is 2. The zero-order chi connectivity index (χ0) is 26.3. The minimum atomic E-state index is -1.05. The minimum absolute atomic E-state index is 0.0308. The molecule has 1 unspecified atom stereocenters. The molecular formula is C27H23Cl2NO6. The van der Waals surface area contributed by atoms with E-state index in [2.05, 4.69) is 0 Å². The average Bonchev–Trinajstić information content (AvgIpc) is 3.12. The van der Waals surface area contributed by atoms with E-state index < -0.39 is 23.5 Å². The zero-order valence-electron chi connectivity index (χ0n) is 19.9. The number of aliphatic hydroxyl groups is 1. The van der Waals surface area contributed by atoms with Crippen LogP contribution in [0.25, 0.3) is 5.76 Å². The van der Waals surface area contributed by atoms with Gasteiger partial charge >= 0.3 is 0 Å². The molecule has 1 aliphatic rings. The van der Waals surface area contributed by atoms with Crippen LogP contribution in [0.15, 0.2) is 54.1 Å². The molecule has 1 atom stereocenters. The van der Waals surface area contributed by atoms with Gasteiger partial charge in [0.1, 0.15) is 23.0 Å². The van der Waals surface area contributed by atoms with Gasteiger partial charge in [0.25, 0.3) is 11.7 Å². The van der Waals surface area contributed by atoms with Crippen molar-refractivity contribution in [3.05, 3.63) is 86.4 Å². The maximum Gasteiger partial charge on any atom is 0.300 e. The molecule has 1 amide bonds. The topological polar surface area (TPSA) is 96.3 Å². The molecule has 0 saturated carbocycles. The molecule has 0 aliphatic carbocycles. The van der Waals surface area contributed by atoms with Crippen molar-refractivity contribution in [2.45, 2.75) is 19.9 Å². The summed E-state index contributed by atoms with van der Waals surface area (Å²) < 4.78 is 10.6. The van der Waals surface area contributed by atoms with Gasteiger partial charge in [-0.1, -0.05) is 35.3 Å². The lowest BCUT2D eigenvalue weighted by atomic mass is 9.94. The van der Waals surface area contributed by atoms with Crippen LogP contribution in [-0.2, 0) is 9.59 Å². The van der Waals surface area contributed by atoms with Crippen LogP contribution in [0, 0.1) is 13.8 Å². The Hall–Kier alpha value is -3.68. The van der Waals surface area contributed by atoms with E-state index in [1.165, 1.54) is 49.5 Å². The molecule has 0 aromatic heterocycles. The SMILES string of the molecule is COc1cc(OC)c(/C(O)=C2\C(=O)C(=O)N(c3ccc(C)c(C)c3)C2c2ccc(O)c(Cl)c2)cc1Cl. The van der Waals surface area contributed by atoms with Gasteiger partial charge in [-0.25, -0.2) is 0 Å². The van der Waals surface area contributed by atoms with E-state index in [0.29, 0.717) is 17.0 Å². The molecule has 1 fully saturated rings. The summed E-state index contributed by atoms with van der Waals surface area (Å²) in [4.78, 5) is 28.1. The normalized spacial score (nSPS) is 16.9. The number of benzene rings is 3. The summed E-state index contributed by atoms with van der Waals surface area (Å²) in [6.45, 7) is 3.83. The molecule has 1 saturated heterocycles. The van der Waals surface area contributed by atoms with Crippen molar-refractivity contribution in [1.82, 2.24) is 0 Å². The molecule has 3 aromatic rings. The lowest BCUT2D eigenvalue weighted by Gasteiger charge is -2.26. The predicted octanol–water partition coefficient (Wildman–Crippen LogP) is 5.96. The Bertz CT molecular complexity index is 1430. The van der Waals surface area contributed by atoms with Crippen molar-refractivity contribution < 1.29 is 29.3 Å². The number of anilines is 1. The van der Waals surface area contributed by atoms with Crippen LogP contribution < -0.4 is 14.4 Å². The first-order valence-corrected chi connectivity index (χ1v) is 11.6. The Labute approximate surface area is 218 Å². The van der Waals surface area contributed by atoms with Crippen LogP contribution >= 0.6 is 23.2 Å². The molecule has 0 spiro atoms. The number of rotatable bonds is 5. The second-order valence-corrected chi connectivity index (χ2v) is 9.15. The summed E-state index contributed by atoms with van der Waals surface area (Å²) in [5, 5.41) is 21.6. The summed E-state index contributed by atoms with van der Waals surface area (Å²) in [6, 6.07) is 11.6. The summed E-state index contributed by atoms with van der Waals surface area (Å²) in [5.74, 6) is -1.86. The second-order valence-electron chi connectivity index (χ2n) is 8.34. The number of ketones is 1. The molecule has 1 heterocycles. The van der Waals surface area contributed by atoms with Gasteiger partial charge in [0.15, 0.2) is 0 Å². The number of aliphatic hydroxyl groups excluding tert-OH is 1. The number of hydrogen-bond acceptors (Lipinski definition) is 6. The molecule has 1 aliphatic heterocycles. The molecule has 2 N–H and O–H groups in total. The number of methoxy groups -OCH3 is 2. The highest BCUT2D eigenvalue weighted by Crippen LogP contribution is 2.45. The summed E-state index contributed by atoms with van der Waals surface area (Å²) in [7, 11) is 2.83. The Balaban J connectivity index is 2.02. The van der Waals surface area contributed by atoms with Gasteiger partial charge in [-0.05, 0) is 60.9 Å². The van der Waals surface area contributed by atoms with Crippen LogP contribution in [0.1, 0.15) is 28.3 Å². The van der Waals surface area contributed by atoms with E-state index in [9.17, 15) is 19.8 Å². The van der Waals surface area contributed by atoms with Gasteiger partial charge in [-0.3, -0.25) is 14.5 Å². The molecule has 36 heavy (non-hydrogen) atoms. The fourth-order valence-electron chi connectivity index (χ4n) is 4.17. The number of aromatic hydroxyl groups is 1. The summed E-state index contributed by atoms with van der Waals surface area (Å²) in [6.07, 6.45) is 0. The van der Waals surface area contributed by atoms with Gasteiger partial charge in [0.2, 0.25) is 0 Å². The number of phenols is 1. The van der Waals surface area contributed by atoms with E-state index in [1.807, 2.05) is 19.9 Å². The molecule has 3 aromatic carbocycles. The Morgan fingerprint density at radius 2 is 1.58 bits per heavy atom. The van der Waals surface area contributed by atoms with Crippen molar-refractivity contribution in [3.63, 3.8) is 0 Å². The monoisotopic (exact) mass is 527 g/mol. The van der Waals surface area contributed by atoms with Crippen molar-refractivity contribution in [1.29, 1.82) is 0 Å². The number of ether oxygens (including phenoxy) is 2. The van der Waals surface area contributed by atoms with Crippen LogP contribution in [0.4, 0.5) is 5.69 Å². The number of nitrogens with zero attached hydrogens (tertiary/aromatic N) is 1. The smallest absolute Gasteiger partial charge is 0.300 e. The highest BCUT2D eigenvalue weighted by atomic mass is 35.5. The fraction of sp³-hybridized carbons (Fsp3) is 0.185. The Kier molecular flexibility index (Phi) is 6.89. The molecule has 0 radical (unpaired) electrons. The standard InChI is InChI=1S/C27H23Cl2NO6/c1-13-5-7-16(9-14(13)2)30-24(15-6-8-20(31)18(28)10-15)23(26(33)27(30)34)25(32)17-11-19(29)22(36-4)12-21(17)35-3/h5-12,24,31-32H,1-4H3/b25-23+. The number of amides is 1. The number of Topliss-reactive ketones (excluding diaryl/α,β-unsaturated/α-hetero) is 1. The van der Waals surface area contributed by atoms with Gasteiger partial charge in [-0.15, -0.1) is 0 Å². The van der Waals surface area contributed by atoms with Gasteiger partial charge in [0, 0.05) is 11.8 Å². The molecule has 4 rings (SSSR count). The zero-order valence-corrected chi connectivity index (χ0v) is 21.4. The van der Waals surface area contributed by atoms with Crippen LogP contribution in [-0.4, -0.2) is 36.1 Å². The van der Waals surface area contributed by atoms with Crippen molar-refractivity contribution in [2.24, 2.45) is 0 Å². The van der Waals surface area contributed by atoms with E-state index in [-0.39, 0.29) is 32.7 Å². The van der Waals surface area contributed by atoms with Crippen LogP contribution in [0.3, 0.4) is 0 Å². The van der Waals surface area contributed by atoms with E-state index in [1.54, 1.807) is 12.1 Å². The third-order valence-electron chi connectivity index (χ3n) is 6.23. The van der Waals surface area contributed by atoms with Crippen molar-refractivity contribution >= 4 is 46.3 Å². The lowest BCUT2D eigenvalue weighted by Crippen LogP contribution is -2.29. The minimum Gasteiger partial charge on any atom is -0.507 e. The van der Waals surface area contributed by atoms with E-state index >= 15 is 0 Å². The molecule has 186 valence electrons. The first-order valence-electron chi connectivity index (χ1n) is 10.9. The molecule has 7 nitrogen and oxygen atoms in total. The lowest BCUT2D eigenvalue weighted by molar-refractivity contribution is -0.132. The van der Waals surface area contributed by atoms with Gasteiger partial charge in [-0.2, -0.15) is 0 Å². The summed E-state index contributed by atoms with van der Waals surface area (Å²) in [5.41, 5.74) is 2.73. The van der Waals surface area contributed by atoms with Crippen molar-refractivity contribution in [3.8, 4) is 17.2 Å². The van der Waals surface area contributed by atoms with E-state index in [4.69, 9.17) is 32.7 Å². The highest BCUT2D eigenvalue weighted by Gasteiger charge is 2.47. The Morgan fingerprint density at radius 1 is 0.889 bits per heavy atom. The van der Waals surface area contributed by atoms with Crippen LogP contribution in [0.5, 0.6) is 17.2 Å². The third-order valence-corrected chi connectivity index (χ3v) is 6.83. The third kappa shape index (κ3) is 4.25. The Morgan fingerprint density at radius 3 is 2.19 bits per heavy atom. The molecule has 0 bridgehead atoms. The van der Waals surface area contributed by atoms with Crippen LogP contribution in [0.2, 0.25) is 10.0 Å². The number of hydrogen-bond donors (Lipinski definition) is 2. The molecular weight excluding hydrogens is 505 g/mol.